The molecule has 0 fully saturated rings. The number of nitro benzene ring substituents is 1. The summed E-state index contributed by atoms with van der Waals surface area (Å²) in [5, 5.41) is 10.6. The zero-order chi connectivity index (χ0) is 15.1. The van der Waals surface area contributed by atoms with Crippen molar-refractivity contribution in [2.75, 3.05) is 0 Å². The van der Waals surface area contributed by atoms with Crippen molar-refractivity contribution in [1.29, 1.82) is 0 Å². The largest absolute Gasteiger partial charge is 0.269 e. The molecule has 106 valence electrons. The first-order valence-corrected chi connectivity index (χ1v) is 6.63. The Morgan fingerprint density at radius 2 is 1.65 bits per heavy atom. The monoisotopic (exact) mass is 291 g/mol. The number of thiol groups is 1. The number of non-ortho nitro benzene ring substituents is 1. The van der Waals surface area contributed by atoms with Crippen LogP contribution in [0.1, 0.15) is 23.9 Å². The van der Waals surface area contributed by atoms with E-state index < -0.39 is 4.92 Å². The molecule has 0 aliphatic carbocycles. The number of nitrogens with zero attached hydrogens (tertiary/aromatic N) is 3. The maximum Gasteiger partial charge on any atom is 0.269 e. The summed E-state index contributed by atoms with van der Waals surface area (Å²) in [6, 6.07) is 7.93. The second-order valence-corrected chi connectivity index (χ2v) is 4.52. The number of hydrogen-bond donors (Lipinski definition) is 1. The maximum absolute atomic E-state index is 10.0. The molecule has 2 rings (SSSR count). The van der Waals surface area contributed by atoms with Crippen molar-refractivity contribution < 1.29 is 4.92 Å². The molecule has 0 spiro atoms. The maximum atomic E-state index is 10.0. The first-order chi connectivity index (χ1) is 9.45. The van der Waals surface area contributed by atoms with Crippen LogP contribution in [0.4, 0.5) is 5.69 Å². The van der Waals surface area contributed by atoms with Crippen LogP contribution in [0, 0.1) is 24.0 Å². The van der Waals surface area contributed by atoms with Gasteiger partial charge in [0.2, 0.25) is 0 Å². The van der Waals surface area contributed by atoms with Gasteiger partial charge in [0.1, 0.15) is 0 Å². The second kappa shape index (κ2) is 7.59. The number of aryl methyl sites for hydroxylation is 2. The Kier molecular flexibility index (Phi) is 6.11. The van der Waals surface area contributed by atoms with E-state index in [1.807, 2.05) is 13.8 Å². The Bertz CT molecular complexity index is 565. The minimum absolute atomic E-state index is 0.137. The number of para-hydroxylation sites is 1. The van der Waals surface area contributed by atoms with E-state index in [0.29, 0.717) is 5.16 Å². The number of nitro groups is 1. The predicted octanol–water partition coefficient (Wildman–Crippen LogP) is 3.54. The van der Waals surface area contributed by atoms with E-state index in [-0.39, 0.29) is 5.69 Å². The lowest BCUT2D eigenvalue weighted by Crippen LogP contribution is -1.99. The third-order valence-electron chi connectivity index (χ3n) is 2.73. The van der Waals surface area contributed by atoms with E-state index in [4.69, 9.17) is 0 Å². The minimum Gasteiger partial charge on any atom is -0.258 e. The minimum atomic E-state index is -0.417. The Hall–Kier alpha value is -1.95. The van der Waals surface area contributed by atoms with Crippen LogP contribution in [-0.4, -0.2) is 14.9 Å². The predicted molar refractivity (Wildman–Crippen MR) is 81.2 cm³/mol. The van der Waals surface area contributed by atoms with Crippen LogP contribution < -0.4 is 0 Å². The van der Waals surface area contributed by atoms with Crippen molar-refractivity contribution in [1.82, 2.24) is 9.97 Å². The topological polar surface area (TPSA) is 68.9 Å². The SMILES string of the molecule is CCc1c(C)nc(S)nc1C.O=[N+]([O-])c1ccccc1. The molecule has 0 N–H and O–H groups in total. The highest BCUT2D eigenvalue weighted by atomic mass is 32.1. The highest BCUT2D eigenvalue weighted by Gasteiger charge is 2.03. The van der Waals surface area contributed by atoms with E-state index in [1.165, 1.54) is 17.7 Å². The number of aromatic nitrogens is 2. The third-order valence-corrected chi connectivity index (χ3v) is 2.93. The van der Waals surface area contributed by atoms with Crippen LogP contribution in [0.3, 0.4) is 0 Å². The fraction of sp³-hybridized carbons (Fsp3) is 0.286. The number of benzene rings is 1. The molecular formula is C14H17N3O2S. The van der Waals surface area contributed by atoms with E-state index >= 15 is 0 Å². The molecule has 0 saturated carbocycles. The molecule has 20 heavy (non-hydrogen) atoms. The molecule has 0 radical (unpaired) electrons. The Morgan fingerprint density at radius 1 is 1.15 bits per heavy atom. The van der Waals surface area contributed by atoms with Crippen molar-refractivity contribution in [2.24, 2.45) is 0 Å². The molecule has 0 amide bonds. The first-order valence-electron chi connectivity index (χ1n) is 6.18. The molecule has 0 atom stereocenters. The van der Waals surface area contributed by atoms with Gasteiger partial charge in [-0.25, -0.2) is 9.97 Å². The first kappa shape index (κ1) is 16.1. The molecule has 2 aromatic rings. The molecule has 0 saturated heterocycles. The summed E-state index contributed by atoms with van der Waals surface area (Å²) < 4.78 is 0. The summed E-state index contributed by atoms with van der Waals surface area (Å²) in [5.74, 6) is 0. The molecule has 0 aliphatic rings. The second-order valence-electron chi connectivity index (χ2n) is 4.12. The Morgan fingerprint density at radius 3 is 2.00 bits per heavy atom. The van der Waals surface area contributed by atoms with Gasteiger partial charge < -0.3 is 0 Å². The third kappa shape index (κ3) is 4.62. The zero-order valence-electron chi connectivity index (χ0n) is 11.7. The van der Waals surface area contributed by atoms with E-state index in [1.54, 1.807) is 18.2 Å². The smallest absolute Gasteiger partial charge is 0.258 e. The van der Waals surface area contributed by atoms with Gasteiger partial charge in [-0.15, -0.1) is 12.6 Å². The molecule has 1 aromatic heterocycles. The molecule has 6 heteroatoms. The quantitative estimate of drug-likeness (QED) is 0.398. The number of rotatable bonds is 2. The van der Waals surface area contributed by atoms with Gasteiger partial charge >= 0.3 is 0 Å². The van der Waals surface area contributed by atoms with Crippen LogP contribution >= 0.6 is 12.6 Å². The lowest BCUT2D eigenvalue weighted by Gasteiger charge is -2.05. The summed E-state index contributed by atoms with van der Waals surface area (Å²) in [4.78, 5) is 17.9. The van der Waals surface area contributed by atoms with Crippen molar-refractivity contribution in [2.45, 2.75) is 32.3 Å². The van der Waals surface area contributed by atoms with E-state index in [2.05, 4.69) is 29.5 Å². The molecule has 0 aliphatic heterocycles. The van der Waals surface area contributed by atoms with E-state index in [9.17, 15) is 10.1 Å². The Balaban J connectivity index is 0.000000204. The van der Waals surface area contributed by atoms with Gasteiger partial charge in [-0.05, 0) is 25.8 Å². The summed E-state index contributed by atoms with van der Waals surface area (Å²) in [7, 11) is 0. The average molecular weight is 291 g/mol. The molecule has 0 unspecified atom stereocenters. The molecule has 1 heterocycles. The highest BCUT2D eigenvalue weighted by Crippen LogP contribution is 2.11. The van der Waals surface area contributed by atoms with E-state index in [0.717, 1.165) is 17.8 Å². The van der Waals surface area contributed by atoms with Gasteiger partial charge in [-0.2, -0.15) is 0 Å². The van der Waals surface area contributed by atoms with Crippen molar-refractivity contribution in [3.63, 3.8) is 0 Å². The van der Waals surface area contributed by atoms with Crippen LogP contribution in [0.15, 0.2) is 35.5 Å². The lowest BCUT2D eigenvalue weighted by atomic mass is 10.1. The van der Waals surface area contributed by atoms with Crippen LogP contribution in [-0.2, 0) is 6.42 Å². The van der Waals surface area contributed by atoms with Crippen LogP contribution in [0.2, 0.25) is 0 Å². The van der Waals surface area contributed by atoms with Crippen molar-refractivity contribution >= 4 is 18.3 Å². The van der Waals surface area contributed by atoms with Gasteiger partial charge in [0.25, 0.3) is 5.69 Å². The molecule has 1 aromatic carbocycles. The van der Waals surface area contributed by atoms with Crippen molar-refractivity contribution in [3.8, 4) is 0 Å². The van der Waals surface area contributed by atoms with Crippen LogP contribution in [0.5, 0.6) is 0 Å². The molecular weight excluding hydrogens is 274 g/mol. The van der Waals surface area contributed by atoms with Gasteiger partial charge in [0, 0.05) is 23.5 Å². The summed E-state index contributed by atoms with van der Waals surface area (Å²) in [5.41, 5.74) is 3.47. The normalized spacial score (nSPS) is 9.60. The molecule has 5 nitrogen and oxygen atoms in total. The summed E-state index contributed by atoms with van der Waals surface area (Å²) in [6.45, 7) is 6.09. The molecule has 0 bridgehead atoms. The van der Waals surface area contributed by atoms with Gasteiger partial charge in [0.05, 0.1) is 4.92 Å². The van der Waals surface area contributed by atoms with Gasteiger partial charge in [0.15, 0.2) is 5.16 Å². The fourth-order valence-corrected chi connectivity index (χ4v) is 2.08. The standard InChI is InChI=1S/C8H12N2S.C6H5NO2/c1-4-7-5(2)9-8(11)10-6(7)3;8-7(9)6-4-2-1-3-5-6/h4H2,1-3H3,(H,9,10,11);1-5H. The van der Waals surface area contributed by atoms with Crippen LogP contribution in [0.25, 0.3) is 0 Å². The summed E-state index contributed by atoms with van der Waals surface area (Å²) >= 11 is 4.09. The highest BCUT2D eigenvalue weighted by molar-refractivity contribution is 7.80. The van der Waals surface area contributed by atoms with Gasteiger partial charge in [-0.1, -0.05) is 25.1 Å². The van der Waals surface area contributed by atoms with Gasteiger partial charge in [-0.3, -0.25) is 10.1 Å². The fourth-order valence-electron chi connectivity index (χ4n) is 1.78. The average Bonchev–Trinajstić information content (AvgIpc) is 2.40. The summed E-state index contributed by atoms with van der Waals surface area (Å²) in [6.07, 6.45) is 0.992. The van der Waals surface area contributed by atoms with Crippen molar-refractivity contribution in [3.05, 3.63) is 57.4 Å². The number of hydrogen-bond acceptors (Lipinski definition) is 5. The zero-order valence-corrected chi connectivity index (χ0v) is 12.6. The lowest BCUT2D eigenvalue weighted by molar-refractivity contribution is -0.384. The Labute approximate surface area is 123 Å².